The van der Waals surface area contributed by atoms with Gasteiger partial charge in [0.2, 0.25) is 0 Å². The fraction of sp³-hybridized carbons (Fsp3) is 0.333. The molecular weight excluding hydrogens is 312 g/mol. The quantitative estimate of drug-likeness (QED) is 0.690. The van der Waals surface area contributed by atoms with Crippen LogP contribution < -0.4 is 4.74 Å². The van der Waals surface area contributed by atoms with Gasteiger partial charge in [0.15, 0.2) is 0 Å². The molecule has 0 saturated heterocycles. The van der Waals surface area contributed by atoms with Crippen molar-refractivity contribution < 1.29 is 4.74 Å². The van der Waals surface area contributed by atoms with Crippen molar-refractivity contribution in [2.45, 2.75) is 32.0 Å². The molecule has 1 atom stereocenters. The van der Waals surface area contributed by atoms with Crippen molar-refractivity contribution in [2.75, 3.05) is 7.11 Å². The average Bonchev–Trinajstić information content (AvgIpc) is 2.42. The van der Waals surface area contributed by atoms with E-state index in [1.165, 1.54) is 27.8 Å². The highest BCUT2D eigenvalue weighted by Crippen LogP contribution is 2.30. The fourth-order valence-electron chi connectivity index (χ4n) is 2.35. The maximum atomic E-state index is 5.31. The summed E-state index contributed by atoms with van der Waals surface area (Å²) in [4.78, 5) is 0.328. The minimum Gasteiger partial charge on any atom is -0.496 e. The Morgan fingerprint density at radius 3 is 2.30 bits per heavy atom. The third kappa shape index (κ3) is 3.43. The Morgan fingerprint density at radius 2 is 1.70 bits per heavy atom. The molecule has 106 valence electrons. The number of ether oxygens (including phenoxy) is 1. The molecule has 0 aliphatic rings. The molecule has 2 aromatic rings. The lowest BCUT2D eigenvalue weighted by atomic mass is 9.99. The highest BCUT2D eigenvalue weighted by Gasteiger charge is 2.11. The van der Waals surface area contributed by atoms with Crippen LogP contribution in [0.3, 0.4) is 0 Å². The standard InChI is InChI=1S/C18H21BrO/c1-12-5-6-15(9-13(12)2)11-17(19)16-7-8-18(20-4)14(3)10-16/h5-10,17H,11H2,1-4H3. The minimum atomic E-state index is 0.328. The molecule has 0 heterocycles. The first kappa shape index (κ1) is 15.1. The van der Waals surface area contributed by atoms with E-state index < -0.39 is 0 Å². The summed E-state index contributed by atoms with van der Waals surface area (Å²) >= 11 is 3.81. The van der Waals surface area contributed by atoms with Crippen molar-refractivity contribution in [3.63, 3.8) is 0 Å². The maximum Gasteiger partial charge on any atom is 0.121 e. The van der Waals surface area contributed by atoms with E-state index in [1.54, 1.807) is 7.11 Å². The molecule has 0 spiro atoms. The predicted octanol–water partition coefficient (Wildman–Crippen LogP) is 5.30. The summed E-state index contributed by atoms with van der Waals surface area (Å²) in [6, 6.07) is 13.1. The zero-order valence-corrected chi connectivity index (χ0v) is 14.1. The van der Waals surface area contributed by atoms with Crippen molar-refractivity contribution in [1.82, 2.24) is 0 Å². The van der Waals surface area contributed by atoms with Gasteiger partial charge in [-0.3, -0.25) is 0 Å². The molecule has 0 fully saturated rings. The van der Waals surface area contributed by atoms with Crippen molar-refractivity contribution >= 4 is 15.9 Å². The van der Waals surface area contributed by atoms with Gasteiger partial charge in [0.25, 0.3) is 0 Å². The van der Waals surface area contributed by atoms with E-state index in [9.17, 15) is 0 Å². The first-order chi connectivity index (χ1) is 9.51. The Kier molecular flexibility index (Phi) is 4.87. The Hall–Kier alpha value is -1.28. The predicted molar refractivity (Wildman–Crippen MR) is 89.0 cm³/mol. The normalized spacial score (nSPS) is 12.2. The van der Waals surface area contributed by atoms with Gasteiger partial charge in [0, 0.05) is 4.83 Å². The van der Waals surface area contributed by atoms with E-state index >= 15 is 0 Å². The fourth-order valence-corrected chi connectivity index (χ4v) is 3.01. The van der Waals surface area contributed by atoms with Gasteiger partial charge in [-0.2, -0.15) is 0 Å². The molecule has 2 heteroatoms. The molecule has 0 aliphatic carbocycles. The van der Waals surface area contributed by atoms with Crippen molar-refractivity contribution in [3.05, 3.63) is 64.2 Å². The van der Waals surface area contributed by atoms with E-state index in [2.05, 4.69) is 67.0 Å². The third-order valence-corrected chi connectivity index (χ3v) is 4.62. The van der Waals surface area contributed by atoms with Gasteiger partial charge in [-0.15, -0.1) is 0 Å². The monoisotopic (exact) mass is 332 g/mol. The first-order valence-electron chi connectivity index (χ1n) is 6.86. The van der Waals surface area contributed by atoms with E-state index in [4.69, 9.17) is 4.74 Å². The van der Waals surface area contributed by atoms with Crippen LogP contribution >= 0.6 is 15.9 Å². The molecule has 0 N–H and O–H groups in total. The Bertz CT molecular complexity index is 604. The van der Waals surface area contributed by atoms with E-state index in [-0.39, 0.29) is 0 Å². The van der Waals surface area contributed by atoms with Crippen LogP contribution in [0.15, 0.2) is 36.4 Å². The Labute approximate surface area is 130 Å². The van der Waals surface area contributed by atoms with Gasteiger partial charge in [-0.1, -0.05) is 46.3 Å². The van der Waals surface area contributed by atoms with E-state index in [0.717, 1.165) is 12.2 Å². The summed E-state index contributed by atoms with van der Waals surface area (Å²) in [6.07, 6.45) is 0.993. The third-order valence-electron chi connectivity index (χ3n) is 3.77. The van der Waals surface area contributed by atoms with Crippen LogP contribution in [-0.4, -0.2) is 7.11 Å². The van der Waals surface area contributed by atoms with Crippen molar-refractivity contribution in [3.8, 4) is 5.75 Å². The lowest BCUT2D eigenvalue weighted by Gasteiger charge is -2.14. The second-order valence-corrected chi connectivity index (χ2v) is 6.42. The largest absolute Gasteiger partial charge is 0.496 e. The van der Waals surface area contributed by atoms with Crippen molar-refractivity contribution in [1.29, 1.82) is 0 Å². The second-order valence-electron chi connectivity index (χ2n) is 5.32. The number of methoxy groups -OCH3 is 1. The molecule has 1 unspecified atom stereocenters. The van der Waals surface area contributed by atoms with Crippen LogP contribution in [0.1, 0.15) is 32.6 Å². The number of hydrogen-bond acceptors (Lipinski definition) is 1. The summed E-state index contributed by atoms with van der Waals surface area (Å²) in [5.74, 6) is 0.944. The number of hydrogen-bond donors (Lipinski definition) is 0. The Balaban J connectivity index is 2.17. The molecule has 20 heavy (non-hydrogen) atoms. The number of alkyl halides is 1. The van der Waals surface area contributed by atoms with Crippen LogP contribution in [0.2, 0.25) is 0 Å². The Morgan fingerprint density at radius 1 is 0.950 bits per heavy atom. The van der Waals surface area contributed by atoms with Gasteiger partial charge < -0.3 is 4.74 Å². The molecule has 0 aromatic heterocycles. The van der Waals surface area contributed by atoms with Crippen LogP contribution in [0.5, 0.6) is 5.75 Å². The molecule has 2 aromatic carbocycles. The zero-order chi connectivity index (χ0) is 14.7. The molecule has 0 amide bonds. The molecule has 0 radical (unpaired) electrons. The molecular formula is C18H21BrO. The van der Waals surface area contributed by atoms with Crippen LogP contribution in [0.4, 0.5) is 0 Å². The summed E-state index contributed by atoms with van der Waals surface area (Å²) in [5.41, 5.74) is 6.53. The average molecular weight is 333 g/mol. The SMILES string of the molecule is COc1ccc(C(Br)Cc2ccc(C)c(C)c2)cc1C. The molecule has 0 aliphatic heterocycles. The van der Waals surface area contributed by atoms with Gasteiger partial charge in [0.1, 0.15) is 5.75 Å². The number of benzene rings is 2. The molecule has 0 bridgehead atoms. The molecule has 1 nitrogen and oxygen atoms in total. The lowest BCUT2D eigenvalue weighted by molar-refractivity contribution is 0.411. The van der Waals surface area contributed by atoms with Gasteiger partial charge >= 0.3 is 0 Å². The van der Waals surface area contributed by atoms with E-state index in [1.807, 2.05) is 6.07 Å². The topological polar surface area (TPSA) is 9.23 Å². The summed E-state index contributed by atoms with van der Waals surface area (Å²) in [7, 11) is 1.71. The lowest BCUT2D eigenvalue weighted by Crippen LogP contribution is -1.98. The molecule has 2 rings (SSSR count). The zero-order valence-electron chi connectivity index (χ0n) is 12.5. The van der Waals surface area contributed by atoms with Gasteiger partial charge in [-0.25, -0.2) is 0 Å². The number of halogens is 1. The maximum absolute atomic E-state index is 5.31. The summed E-state index contributed by atoms with van der Waals surface area (Å²) < 4.78 is 5.31. The van der Waals surface area contributed by atoms with Crippen LogP contribution in [0.25, 0.3) is 0 Å². The van der Waals surface area contributed by atoms with Gasteiger partial charge in [-0.05, 0) is 61.1 Å². The minimum absolute atomic E-state index is 0.328. The summed E-state index contributed by atoms with van der Waals surface area (Å²) in [5, 5.41) is 0. The highest BCUT2D eigenvalue weighted by atomic mass is 79.9. The number of rotatable bonds is 4. The van der Waals surface area contributed by atoms with E-state index in [0.29, 0.717) is 4.83 Å². The van der Waals surface area contributed by atoms with Crippen molar-refractivity contribution in [2.24, 2.45) is 0 Å². The van der Waals surface area contributed by atoms with Crippen LogP contribution in [0, 0.1) is 20.8 Å². The van der Waals surface area contributed by atoms with Gasteiger partial charge in [0.05, 0.1) is 7.11 Å². The second kappa shape index (κ2) is 6.45. The molecule has 0 saturated carbocycles. The summed E-state index contributed by atoms with van der Waals surface area (Å²) in [6.45, 7) is 6.40. The number of aryl methyl sites for hydroxylation is 3. The first-order valence-corrected chi connectivity index (χ1v) is 7.77. The van der Waals surface area contributed by atoms with Crippen LogP contribution in [-0.2, 0) is 6.42 Å². The smallest absolute Gasteiger partial charge is 0.121 e. The highest BCUT2D eigenvalue weighted by molar-refractivity contribution is 9.09.